The number of nitrogens with one attached hydrogen (secondary N) is 1. The third kappa shape index (κ3) is 3.07. The van der Waals surface area contributed by atoms with Crippen molar-refractivity contribution in [2.24, 2.45) is 7.05 Å². The van der Waals surface area contributed by atoms with Gasteiger partial charge in [-0.1, -0.05) is 12.1 Å². The maximum atomic E-state index is 12.7. The van der Waals surface area contributed by atoms with E-state index >= 15 is 0 Å². The molecule has 152 valence electrons. The Bertz CT molecular complexity index is 1330. The lowest BCUT2D eigenvalue weighted by Gasteiger charge is -2.22. The van der Waals surface area contributed by atoms with Crippen LogP contribution in [0.25, 0.3) is 16.7 Å². The molecule has 2 unspecified atom stereocenters. The maximum Gasteiger partial charge on any atom is 0.267 e. The highest BCUT2D eigenvalue weighted by molar-refractivity contribution is 5.78. The van der Waals surface area contributed by atoms with E-state index < -0.39 is 0 Å². The molecule has 2 atom stereocenters. The van der Waals surface area contributed by atoms with Gasteiger partial charge in [-0.3, -0.25) is 14.2 Å². The van der Waals surface area contributed by atoms with Gasteiger partial charge in [0.15, 0.2) is 5.82 Å². The first-order valence-electron chi connectivity index (χ1n) is 9.52. The molecule has 1 aliphatic heterocycles. The molecular weight excluding hydrogens is 386 g/mol. The second-order valence-corrected chi connectivity index (χ2v) is 7.10. The molecule has 1 aliphatic rings. The summed E-state index contributed by atoms with van der Waals surface area (Å²) in [5.74, 6) is 0.942. The first-order valence-corrected chi connectivity index (χ1v) is 9.52. The van der Waals surface area contributed by atoms with Gasteiger partial charge in [-0.05, 0) is 24.3 Å². The number of ether oxygens (including phenoxy) is 1. The van der Waals surface area contributed by atoms with Gasteiger partial charge in [0, 0.05) is 25.5 Å². The Labute approximate surface area is 170 Å². The number of fused-ring (bicyclic) bond motifs is 1. The third-order valence-corrected chi connectivity index (χ3v) is 5.21. The summed E-state index contributed by atoms with van der Waals surface area (Å²) in [5, 5.41) is 12.5. The van der Waals surface area contributed by atoms with E-state index in [9.17, 15) is 9.59 Å². The van der Waals surface area contributed by atoms with Crippen LogP contribution in [0.5, 0.6) is 0 Å². The summed E-state index contributed by atoms with van der Waals surface area (Å²) in [6.45, 7) is 0.669. The molecule has 5 rings (SSSR count). The summed E-state index contributed by atoms with van der Waals surface area (Å²) in [6.07, 6.45) is 3.40. The minimum absolute atomic E-state index is 0.144. The van der Waals surface area contributed by atoms with E-state index in [1.54, 1.807) is 48.4 Å². The molecule has 4 heterocycles. The van der Waals surface area contributed by atoms with Crippen molar-refractivity contribution in [2.45, 2.75) is 12.1 Å². The third-order valence-electron chi connectivity index (χ3n) is 5.21. The van der Waals surface area contributed by atoms with Crippen molar-refractivity contribution >= 4 is 16.9 Å². The number of anilines is 1. The average Bonchev–Trinajstić information content (AvgIpc) is 3.45. The average molecular weight is 405 g/mol. The van der Waals surface area contributed by atoms with Crippen molar-refractivity contribution in [2.75, 3.05) is 18.5 Å². The molecule has 0 amide bonds. The molecule has 10 heteroatoms. The van der Waals surface area contributed by atoms with Gasteiger partial charge >= 0.3 is 0 Å². The molecule has 30 heavy (non-hydrogen) atoms. The van der Waals surface area contributed by atoms with E-state index in [0.29, 0.717) is 35.9 Å². The molecule has 1 N–H and O–H groups in total. The van der Waals surface area contributed by atoms with E-state index in [-0.39, 0.29) is 23.2 Å². The highest BCUT2D eigenvalue weighted by Crippen LogP contribution is 2.21. The largest absolute Gasteiger partial charge is 0.377 e. The van der Waals surface area contributed by atoms with Gasteiger partial charge in [-0.25, -0.2) is 14.3 Å². The van der Waals surface area contributed by atoms with Crippen molar-refractivity contribution in [3.05, 3.63) is 75.6 Å². The van der Waals surface area contributed by atoms with E-state index in [2.05, 4.69) is 20.5 Å². The lowest BCUT2D eigenvalue weighted by Crippen LogP contribution is -2.39. The molecule has 0 bridgehead atoms. The molecule has 4 aromatic rings. The standard InChI is InChI=1S/C20H19N7O3/c1-25-19(29)13-5-2-3-6-14(13)22-20(25)23-15-11-30-12-16(15)27-18(28)8-7-17(24-27)26-10-4-9-21-26/h2-10,15-16H,11-12H2,1H3,(H,22,23). The van der Waals surface area contributed by atoms with Crippen molar-refractivity contribution < 1.29 is 4.74 Å². The summed E-state index contributed by atoms with van der Waals surface area (Å²) < 4.78 is 10.1. The Morgan fingerprint density at radius 3 is 2.80 bits per heavy atom. The molecule has 1 fully saturated rings. The van der Waals surface area contributed by atoms with Crippen LogP contribution in [-0.4, -0.2) is 48.4 Å². The SMILES string of the molecule is Cn1c(NC2COCC2n2nc(-n3cccn3)ccc2=O)nc2ccccc2c1=O. The van der Waals surface area contributed by atoms with Crippen molar-refractivity contribution in [1.29, 1.82) is 0 Å². The molecule has 1 saturated heterocycles. The number of rotatable bonds is 4. The van der Waals surface area contributed by atoms with Crippen molar-refractivity contribution in [3.8, 4) is 5.82 Å². The molecule has 1 aromatic carbocycles. The predicted molar refractivity (Wildman–Crippen MR) is 110 cm³/mol. The summed E-state index contributed by atoms with van der Waals surface area (Å²) in [6, 6.07) is 11.4. The molecule has 0 radical (unpaired) electrons. The summed E-state index contributed by atoms with van der Waals surface area (Å²) in [4.78, 5) is 29.8. The van der Waals surface area contributed by atoms with Crippen molar-refractivity contribution in [1.82, 2.24) is 29.1 Å². The lowest BCUT2D eigenvalue weighted by molar-refractivity contribution is 0.182. The zero-order valence-corrected chi connectivity index (χ0v) is 16.2. The zero-order valence-electron chi connectivity index (χ0n) is 16.2. The fourth-order valence-electron chi connectivity index (χ4n) is 3.61. The lowest BCUT2D eigenvalue weighted by atomic mass is 10.2. The van der Waals surface area contributed by atoms with Gasteiger partial charge in [0.25, 0.3) is 11.1 Å². The van der Waals surface area contributed by atoms with E-state index in [1.165, 1.54) is 15.3 Å². The van der Waals surface area contributed by atoms with Crippen LogP contribution in [0, 0.1) is 0 Å². The Morgan fingerprint density at radius 2 is 1.97 bits per heavy atom. The summed E-state index contributed by atoms with van der Waals surface area (Å²) >= 11 is 0. The molecule has 0 aliphatic carbocycles. The van der Waals surface area contributed by atoms with Gasteiger partial charge < -0.3 is 10.1 Å². The zero-order chi connectivity index (χ0) is 20.7. The predicted octanol–water partition coefficient (Wildman–Crippen LogP) is 0.728. The number of aromatic nitrogens is 6. The van der Waals surface area contributed by atoms with E-state index in [1.807, 2.05) is 12.1 Å². The fraction of sp³-hybridized carbons (Fsp3) is 0.250. The minimum atomic E-state index is -0.364. The smallest absolute Gasteiger partial charge is 0.267 e. The highest BCUT2D eigenvalue weighted by atomic mass is 16.5. The fourth-order valence-corrected chi connectivity index (χ4v) is 3.61. The number of hydrogen-bond acceptors (Lipinski definition) is 7. The first-order chi connectivity index (χ1) is 14.6. The van der Waals surface area contributed by atoms with Crippen LogP contribution in [0.15, 0.2) is 64.4 Å². The second-order valence-electron chi connectivity index (χ2n) is 7.10. The molecule has 3 aromatic heterocycles. The Balaban J connectivity index is 1.51. The van der Waals surface area contributed by atoms with Gasteiger partial charge in [0.1, 0.15) is 6.04 Å². The Hall–Kier alpha value is -3.79. The number of benzene rings is 1. The number of nitrogens with zero attached hydrogens (tertiary/aromatic N) is 6. The monoisotopic (exact) mass is 405 g/mol. The van der Waals surface area contributed by atoms with Crippen LogP contribution < -0.4 is 16.4 Å². The highest BCUT2D eigenvalue weighted by Gasteiger charge is 2.32. The Morgan fingerprint density at radius 1 is 1.10 bits per heavy atom. The molecular formula is C20H19N7O3. The summed E-state index contributed by atoms with van der Waals surface area (Å²) in [7, 11) is 1.66. The van der Waals surface area contributed by atoms with E-state index in [0.717, 1.165) is 0 Å². The van der Waals surface area contributed by atoms with Gasteiger partial charge in [0.05, 0.1) is 30.2 Å². The normalized spacial score (nSPS) is 18.7. The maximum absolute atomic E-state index is 12.7. The van der Waals surface area contributed by atoms with Crippen LogP contribution in [-0.2, 0) is 11.8 Å². The van der Waals surface area contributed by atoms with Gasteiger partial charge in [-0.2, -0.15) is 5.10 Å². The van der Waals surface area contributed by atoms with Crippen LogP contribution in [0.3, 0.4) is 0 Å². The van der Waals surface area contributed by atoms with Crippen LogP contribution >= 0.6 is 0 Å². The quantitative estimate of drug-likeness (QED) is 0.533. The molecule has 0 saturated carbocycles. The Kier molecular flexibility index (Phi) is 4.40. The topological polar surface area (TPSA) is 109 Å². The number of para-hydroxylation sites is 1. The van der Waals surface area contributed by atoms with Crippen LogP contribution in [0.1, 0.15) is 6.04 Å². The number of hydrogen-bond donors (Lipinski definition) is 1. The van der Waals surface area contributed by atoms with Crippen molar-refractivity contribution in [3.63, 3.8) is 0 Å². The molecule has 0 spiro atoms. The second kappa shape index (κ2) is 7.23. The summed E-state index contributed by atoms with van der Waals surface area (Å²) in [5.41, 5.74) is 0.220. The first kappa shape index (κ1) is 18.3. The van der Waals surface area contributed by atoms with Crippen LogP contribution in [0.4, 0.5) is 5.95 Å². The minimum Gasteiger partial charge on any atom is -0.377 e. The molecule has 10 nitrogen and oxygen atoms in total. The van der Waals surface area contributed by atoms with Gasteiger partial charge in [-0.15, -0.1) is 5.10 Å². The van der Waals surface area contributed by atoms with Crippen LogP contribution in [0.2, 0.25) is 0 Å². The van der Waals surface area contributed by atoms with Gasteiger partial charge in [0.2, 0.25) is 5.95 Å². The van der Waals surface area contributed by atoms with E-state index in [4.69, 9.17) is 4.74 Å².